The molecule has 0 aliphatic heterocycles. The zero-order valence-electron chi connectivity index (χ0n) is 10.4. The first-order valence-corrected chi connectivity index (χ1v) is 6.85. The van der Waals surface area contributed by atoms with Crippen LogP contribution in [-0.2, 0) is 0 Å². The Morgan fingerprint density at radius 3 is 2.57 bits per heavy atom. The number of anilines is 1. The quantitative estimate of drug-likeness (QED) is 0.769. The highest BCUT2D eigenvalue weighted by Crippen LogP contribution is 2.23. The molecule has 0 unspecified atom stereocenters. The van der Waals surface area contributed by atoms with Gasteiger partial charge in [0.2, 0.25) is 0 Å². The lowest BCUT2D eigenvalue weighted by molar-refractivity contribution is -0.0521. The maximum absolute atomic E-state index is 13.5. The summed E-state index contributed by atoms with van der Waals surface area (Å²) in [6.45, 7) is -3.11. The fraction of sp³-hybridized carbons (Fsp3) is 0.0714. The molecule has 2 aromatic rings. The van der Waals surface area contributed by atoms with Crippen LogP contribution < -0.4 is 10.1 Å². The predicted molar refractivity (Wildman–Crippen MR) is 80.1 cm³/mol. The summed E-state index contributed by atoms with van der Waals surface area (Å²) in [5, 5.41) is 2.48. The lowest BCUT2D eigenvalue weighted by atomic mass is 10.2. The second-order valence-corrected chi connectivity index (χ2v) is 5.23. The molecule has 0 saturated carbocycles. The normalized spacial score (nSPS) is 10.5. The number of halogens is 4. The van der Waals surface area contributed by atoms with E-state index in [0.717, 1.165) is 15.7 Å². The van der Waals surface area contributed by atoms with Gasteiger partial charge in [-0.05, 0) is 52.9 Å². The molecule has 2 aromatic carbocycles. The van der Waals surface area contributed by atoms with Crippen molar-refractivity contribution >= 4 is 34.2 Å². The Morgan fingerprint density at radius 1 is 1.19 bits per heavy atom. The van der Waals surface area contributed by atoms with Gasteiger partial charge in [-0.1, -0.05) is 6.07 Å². The van der Waals surface area contributed by atoms with Gasteiger partial charge in [-0.15, -0.1) is 0 Å². The van der Waals surface area contributed by atoms with Crippen molar-refractivity contribution in [2.24, 2.45) is 0 Å². The summed E-state index contributed by atoms with van der Waals surface area (Å²) in [6.07, 6.45) is 0. The van der Waals surface area contributed by atoms with E-state index in [9.17, 15) is 18.0 Å². The number of alkyl halides is 2. The second kappa shape index (κ2) is 6.79. The molecule has 0 spiro atoms. The monoisotopic (exact) mass is 407 g/mol. The molecule has 2 rings (SSSR count). The van der Waals surface area contributed by atoms with Crippen molar-refractivity contribution in [3.8, 4) is 5.75 Å². The van der Waals surface area contributed by atoms with Crippen molar-refractivity contribution in [3.63, 3.8) is 0 Å². The standard InChI is InChI=1S/C14H9F3INO2/c15-11-7-10(4-5-12(11)21-14(16)17)19-13(20)8-2-1-3-9(18)6-8/h1-7,14H,(H,19,20). The fourth-order valence-corrected chi connectivity index (χ4v) is 2.15. The molecule has 1 amide bonds. The summed E-state index contributed by atoms with van der Waals surface area (Å²) >= 11 is 2.06. The smallest absolute Gasteiger partial charge is 0.387 e. The van der Waals surface area contributed by atoms with Gasteiger partial charge in [0, 0.05) is 20.9 Å². The van der Waals surface area contributed by atoms with Crippen LogP contribution in [0.1, 0.15) is 10.4 Å². The molecule has 0 aliphatic rings. The highest BCUT2D eigenvalue weighted by molar-refractivity contribution is 14.1. The van der Waals surface area contributed by atoms with E-state index in [4.69, 9.17) is 0 Å². The fourth-order valence-electron chi connectivity index (χ4n) is 1.60. The number of carbonyl (C=O) groups is 1. The highest BCUT2D eigenvalue weighted by Gasteiger charge is 2.12. The van der Waals surface area contributed by atoms with Crippen LogP contribution in [0, 0.1) is 9.39 Å². The van der Waals surface area contributed by atoms with E-state index < -0.39 is 24.1 Å². The number of benzene rings is 2. The first-order chi connectivity index (χ1) is 9.95. The summed E-state index contributed by atoms with van der Waals surface area (Å²) in [5.74, 6) is -1.97. The minimum atomic E-state index is -3.11. The summed E-state index contributed by atoms with van der Waals surface area (Å²) in [4.78, 5) is 12.0. The molecule has 0 fully saturated rings. The van der Waals surface area contributed by atoms with Crippen LogP contribution in [-0.4, -0.2) is 12.5 Å². The molecule has 0 heterocycles. The third kappa shape index (κ3) is 4.35. The van der Waals surface area contributed by atoms with E-state index in [1.807, 2.05) is 6.07 Å². The number of hydrogen-bond acceptors (Lipinski definition) is 2. The maximum Gasteiger partial charge on any atom is 0.387 e. The van der Waals surface area contributed by atoms with Crippen LogP contribution in [0.4, 0.5) is 18.9 Å². The summed E-state index contributed by atoms with van der Waals surface area (Å²) in [6, 6.07) is 10.1. The lowest BCUT2D eigenvalue weighted by Gasteiger charge is -2.09. The maximum atomic E-state index is 13.5. The predicted octanol–water partition coefficient (Wildman–Crippen LogP) is 4.28. The van der Waals surface area contributed by atoms with E-state index in [-0.39, 0.29) is 5.69 Å². The molecule has 3 nitrogen and oxygen atoms in total. The molecule has 0 radical (unpaired) electrons. The number of carbonyl (C=O) groups excluding carboxylic acids is 1. The van der Waals surface area contributed by atoms with E-state index in [1.165, 1.54) is 6.07 Å². The topological polar surface area (TPSA) is 38.3 Å². The zero-order valence-corrected chi connectivity index (χ0v) is 12.6. The molecule has 0 aliphatic carbocycles. The molecule has 0 saturated heterocycles. The van der Waals surface area contributed by atoms with Gasteiger partial charge >= 0.3 is 6.61 Å². The van der Waals surface area contributed by atoms with Gasteiger partial charge in [0.25, 0.3) is 5.91 Å². The van der Waals surface area contributed by atoms with Gasteiger partial charge in [0.1, 0.15) is 0 Å². The van der Waals surface area contributed by atoms with Crippen molar-refractivity contribution in [1.82, 2.24) is 0 Å². The van der Waals surface area contributed by atoms with Gasteiger partial charge in [-0.2, -0.15) is 8.78 Å². The Hall–Kier alpha value is -1.77. The van der Waals surface area contributed by atoms with Crippen LogP contribution in [0.25, 0.3) is 0 Å². The molecule has 0 aromatic heterocycles. The molecular weight excluding hydrogens is 398 g/mol. The van der Waals surface area contributed by atoms with Gasteiger partial charge in [0.15, 0.2) is 11.6 Å². The Labute approximate surface area is 132 Å². The molecule has 0 bridgehead atoms. The average Bonchev–Trinajstić information content (AvgIpc) is 2.41. The third-order valence-corrected chi connectivity index (χ3v) is 3.16. The van der Waals surface area contributed by atoms with Crippen molar-refractivity contribution in [1.29, 1.82) is 0 Å². The molecule has 110 valence electrons. The minimum Gasteiger partial charge on any atom is -0.432 e. The number of nitrogens with one attached hydrogen (secondary N) is 1. The molecule has 0 atom stereocenters. The Kier molecular flexibility index (Phi) is 5.05. The zero-order chi connectivity index (χ0) is 15.4. The first-order valence-electron chi connectivity index (χ1n) is 5.77. The minimum absolute atomic E-state index is 0.151. The Balaban J connectivity index is 2.13. The summed E-state index contributed by atoms with van der Waals surface area (Å²) in [5.41, 5.74) is 0.563. The summed E-state index contributed by atoms with van der Waals surface area (Å²) in [7, 11) is 0. The second-order valence-electron chi connectivity index (χ2n) is 3.99. The highest BCUT2D eigenvalue weighted by atomic mass is 127. The van der Waals surface area contributed by atoms with E-state index in [0.29, 0.717) is 5.56 Å². The van der Waals surface area contributed by atoms with Crippen molar-refractivity contribution in [3.05, 3.63) is 57.4 Å². The Bertz CT molecular complexity index is 664. The van der Waals surface area contributed by atoms with Gasteiger partial charge in [0.05, 0.1) is 0 Å². The number of amides is 1. The largest absolute Gasteiger partial charge is 0.432 e. The molecule has 1 N–H and O–H groups in total. The molecule has 21 heavy (non-hydrogen) atoms. The first kappa shape index (κ1) is 15.6. The Morgan fingerprint density at radius 2 is 1.95 bits per heavy atom. The number of hydrogen-bond donors (Lipinski definition) is 1. The number of rotatable bonds is 4. The van der Waals surface area contributed by atoms with Crippen LogP contribution in [0.2, 0.25) is 0 Å². The SMILES string of the molecule is O=C(Nc1ccc(OC(F)F)c(F)c1)c1cccc(I)c1. The van der Waals surface area contributed by atoms with E-state index in [1.54, 1.807) is 18.2 Å². The van der Waals surface area contributed by atoms with Gasteiger partial charge < -0.3 is 10.1 Å². The van der Waals surface area contributed by atoms with Crippen molar-refractivity contribution < 1.29 is 22.7 Å². The average molecular weight is 407 g/mol. The number of ether oxygens (including phenoxy) is 1. The van der Waals surface area contributed by atoms with Crippen LogP contribution >= 0.6 is 22.6 Å². The molecule has 7 heteroatoms. The van der Waals surface area contributed by atoms with Crippen molar-refractivity contribution in [2.75, 3.05) is 5.32 Å². The summed E-state index contributed by atoms with van der Waals surface area (Å²) < 4.78 is 42.4. The van der Waals surface area contributed by atoms with Crippen molar-refractivity contribution in [2.45, 2.75) is 6.61 Å². The third-order valence-electron chi connectivity index (χ3n) is 2.49. The van der Waals surface area contributed by atoms with Crippen LogP contribution in [0.3, 0.4) is 0 Å². The molecular formula is C14H9F3INO2. The van der Waals surface area contributed by atoms with Crippen LogP contribution in [0.15, 0.2) is 42.5 Å². The van der Waals surface area contributed by atoms with E-state index in [2.05, 4.69) is 32.6 Å². The van der Waals surface area contributed by atoms with E-state index >= 15 is 0 Å². The van der Waals surface area contributed by atoms with Gasteiger partial charge in [-0.25, -0.2) is 4.39 Å². The van der Waals surface area contributed by atoms with Gasteiger partial charge in [-0.3, -0.25) is 4.79 Å². The van der Waals surface area contributed by atoms with Crippen LogP contribution in [0.5, 0.6) is 5.75 Å². The lowest BCUT2D eigenvalue weighted by Crippen LogP contribution is -2.12.